The number of aliphatic hydroxyl groups is 1. The van der Waals surface area contributed by atoms with Crippen LogP contribution >= 0.6 is 15.9 Å². The summed E-state index contributed by atoms with van der Waals surface area (Å²) < 4.78 is 15.3. The van der Waals surface area contributed by atoms with Crippen LogP contribution in [-0.2, 0) is 0 Å². The van der Waals surface area contributed by atoms with Crippen LogP contribution in [0.15, 0.2) is 22.8 Å². The standard InChI is InChI=1S/C11H11BrFN3O/c1-6-3-8(12)9(13)4-11(6)16-5-10(7(2)17)14-15-16/h3-5,7,17H,1-2H3. The summed E-state index contributed by atoms with van der Waals surface area (Å²) in [6.07, 6.45) is 0.893. The van der Waals surface area contributed by atoms with Gasteiger partial charge in [0.25, 0.3) is 0 Å². The van der Waals surface area contributed by atoms with Crippen molar-refractivity contribution in [3.05, 3.63) is 39.9 Å². The first kappa shape index (κ1) is 12.2. The predicted octanol–water partition coefficient (Wildman–Crippen LogP) is 2.53. The molecule has 0 aliphatic heterocycles. The number of aliphatic hydroxyl groups excluding tert-OH is 1. The first-order valence-electron chi connectivity index (χ1n) is 5.05. The lowest BCUT2D eigenvalue weighted by Crippen LogP contribution is -1.99. The summed E-state index contributed by atoms with van der Waals surface area (Å²) in [6, 6.07) is 3.05. The first-order valence-corrected chi connectivity index (χ1v) is 5.84. The van der Waals surface area contributed by atoms with E-state index in [0.29, 0.717) is 15.9 Å². The number of halogens is 2. The molecule has 17 heavy (non-hydrogen) atoms. The highest BCUT2D eigenvalue weighted by Crippen LogP contribution is 2.23. The van der Waals surface area contributed by atoms with E-state index in [-0.39, 0.29) is 5.82 Å². The van der Waals surface area contributed by atoms with Crippen molar-refractivity contribution >= 4 is 15.9 Å². The minimum absolute atomic E-state index is 0.361. The summed E-state index contributed by atoms with van der Waals surface area (Å²) in [5.41, 5.74) is 1.91. The first-order chi connectivity index (χ1) is 7.99. The molecule has 4 nitrogen and oxygen atoms in total. The quantitative estimate of drug-likeness (QED) is 0.927. The number of nitrogens with zero attached hydrogens (tertiary/aromatic N) is 3. The van der Waals surface area contributed by atoms with Crippen LogP contribution in [0.5, 0.6) is 0 Å². The van der Waals surface area contributed by atoms with Gasteiger partial charge in [-0.05, 0) is 41.4 Å². The molecule has 1 aromatic carbocycles. The molecular formula is C11H11BrFN3O. The highest BCUT2D eigenvalue weighted by atomic mass is 79.9. The van der Waals surface area contributed by atoms with Crippen molar-refractivity contribution in [2.45, 2.75) is 20.0 Å². The lowest BCUT2D eigenvalue weighted by molar-refractivity contribution is 0.194. The molecule has 90 valence electrons. The van der Waals surface area contributed by atoms with Crippen LogP contribution in [0.3, 0.4) is 0 Å². The third-order valence-electron chi connectivity index (χ3n) is 2.42. The molecule has 1 unspecified atom stereocenters. The Bertz CT molecular complexity index is 554. The Morgan fingerprint density at radius 1 is 1.47 bits per heavy atom. The smallest absolute Gasteiger partial charge is 0.139 e. The van der Waals surface area contributed by atoms with Crippen LogP contribution < -0.4 is 0 Å². The van der Waals surface area contributed by atoms with Gasteiger partial charge in [-0.1, -0.05) is 5.21 Å². The molecule has 0 saturated carbocycles. The van der Waals surface area contributed by atoms with Gasteiger partial charge in [-0.25, -0.2) is 9.07 Å². The van der Waals surface area contributed by atoms with Gasteiger partial charge in [0.05, 0.1) is 22.5 Å². The molecule has 2 aromatic rings. The molecule has 0 aliphatic carbocycles. The van der Waals surface area contributed by atoms with Gasteiger partial charge in [-0.3, -0.25) is 0 Å². The van der Waals surface area contributed by atoms with E-state index in [9.17, 15) is 9.50 Å². The Kier molecular flexibility index (Phi) is 3.26. The highest BCUT2D eigenvalue weighted by Gasteiger charge is 2.11. The molecule has 0 radical (unpaired) electrons. The molecule has 1 N–H and O–H groups in total. The Labute approximate surface area is 106 Å². The average Bonchev–Trinajstić information content (AvgIpc) is 2.72. The second-order valence-corrected chi connectivity index (χ2v) is 4.67. The van der Waals surface area contributed by atoms with Gasteiger partial charge in [0.15, 0.2) is 0 Å². The lowest BCUT2D eigenvalue weighted by Gasteiger charge is -2.06. The van der Waals surface area contributed by atoms with E-state index in [4.69, 9.17) is 0 Å². The predicted molar refractivity (Wildman–Crippen MR) is 64.4 cm³/mol. The van der Waals surface area contributed by atoms with Crippen molar-refractivity contribution in [3.63, 3.8) is 0 Å². The molecule has 1 aromatic heterocycles. The molecule has 0 fully saturated rings. The van der Waals surface area contributed by atoms with E-state index in [0.717, 1.165) is 5.56 Å². The van der Waals surface area contributed by atoms with E-state index in [2.05, 4.69) is 26.2 Å². The maximum atomic E-state index is 13.5. The molecule has 0 saturated heterocycles. The fraction of sp³-hybridized carbons (Fsp3) is 0.273. The number of aryl methyl sites for hydroxylation is 1. The number of aromatic nitrogens is 3. The third-order valence-corrected chi connectivity index (χ3v) is 3.03. The van der Waals surface area contributed by atoms with Gasteiger partial charge < -0.3 is 5.11 Å². The second-order valence-electron chi connectivity index (χ2n) is 3.82. The van der Waals surface area contributed by atoms with Crippen LogP contribution in [0.2, 0.25) is 0 Å². The Morgan fingerprint density at radius 3 is 2.76 bits per heavy atom. The van der Waals surface area contributed by atoms with Crippen LogP contribution in [0.1, 0.15) is 24.3 Å². The van der Waals surface area contributed by atoms with Gasteiger partial charge in [-0.15, -0.1) is 5.10 Å². The van der Waals surface area contributed by atoms with Crippen LogP contribution in [0, 0.1) is 12.7 Å². The summed E-state index contributed by atoms with van der Waals surface area (Å²) in [4.78, 5) is 0. The zero-order valence-electron chi connectivity index (χ0n) is 9.35. The Morgan fingerprint density at radius 2 is 2.18 bits per heavy atom. The number of hydrogen-bond acceptors (Lipinski definition) is 3. The zero-order chi connectivity index (χ0) is 12.6. The average molecular weight is 300 g/mol. The maximum absolute atomic E-state index is 13.5. The van der Waals surface area contributed by atoms with Crippen molar-refractivity contribution in [2.75, 3.05) is 0 Å². The van der Waals surface area contributed by atoms with E-state index in [1.54, 1.807) is 19.2 Å². The largest absolute Gasteiger partial charge is 0.387 e. The summed E-state index contributed by atoms with van der Waals surface area (Å²) in [6.45, 7) is 3.45. The number of rotatable bonds is 2. The second kappa shape index (κ2) is 4.54. The van der Waals surface area contributed by atoms with Gasteiger partial charge >= 0.3 is 0 Å². The SMILES string of the molecule is Cc1cc(Br)c(F)cc1-n1cc(C(C)O)nn1. The van der Waals surface area contributed by atoms with Crippen LogP contribution in [-0.4, -0.2) is 20.1 Å². The number of benzene rings is 1. The van der Waals surface area contributed by atoms with Crippen molar-refractivity contribution in [1.82, 2.24) is 15.0 Å². The molecular weight excluding hydrogens is 289 g/mol. The third kappa shape index (κ3) is 2.37. The Balaban J connectivity index is 2.49. The summed E-state index contributed by atoms with van der Waals surface area (Å²) in [5, 5.41) is 17.0. The minimum atomic E-state index is -0.690. The Hall–Kier alpha value is -1.27. The van der Waals surface area contributed by atoms with Crippen molar-refractivity contribution < 1.29 is 9.50 Å². The zero-order valence-corrected chi connectivity index (χ0v) is 10.9. The van der Waals surface area contributed by atoms with Gasteiger partial charge in [-0.2, -0.15) is 0 Å². The highest BCUT2D eigenvalue weighted by molar-refractivity contribution is 9.10. The molecule has 1 atom stereocenters. The minimum Gasteiger partial charge on any atom is -0.387 e. The van der Waals surface area contributed by atoms with E-state index >= 15 is 0 Å². The normalized spacial score (nSPS) is 12.8. The molecule has 0 amide bonds. The van der Waals surface area contributed by atoms with Gasteiger partial charge in [0, 0.05) is 6.07 Å². The van der Waals surface area contributed by atoms with Gasteiger partial charge in [0.2, 0.25) is 0 Å². The maximum Gasteiger partial charge on any atom is 0.139 e. The summed E-state index contributed by atoms with van der Waals surface area (Å²) >= 11 is 3.12. The monoisotopic (exact) mass is 299 g/mol. The van der Waals surface area contributed by atoms with Crippen LogP contribution in [0.4, 0.5) is 4.39 Å². The van der Waals surface area contributed by atoms with E-state index in [1.807, 2.05) is 6.92 Å². The van der Waals surface area contributed by atoms with Crippen LogP contribution in [0.25, 0.3) is 5.69 Å². The van der Waals surface area contributed by atoms with Crippen molar-refractivity contribution in [1.29, 1.82) is 0 Å². The van der Waals surface area contributed by atoms with Crippen molar-refractivity contribution in [2.24, 2.45) is 0 Å². The fourth-order valence-electron chi connectivity index (χ4n) is 1.47. The summed E-state index contributed by atoms with van der Waals surface area (Å²) in [7, 11) is 0. The molecule has 2 rings (SSSR count). The topological polar surface area (TPSA) is 50.9 Å². The summed E-state index contributed by atoms with van der Waals surface area (Å²) in [5.74, 6) is -0.361. The molecule has 6 heteroatoms. The molecule has 0 bridgehead atoms. The lowest BCUT2D eigenvalue weighted by atomic mass is 10.2. The van der Waals surface area contributed by atoms with Crippen molar-refractivity contribution in [3.8, 4) is 5.69 Å². The molecule has 0 spiro atoms. The van der Waals surface area contributed by atoms with E-state index < -0.39 is 6.10 Å². The molecule has 1 heterocycles. The number of hydrogen-bond donors (Lipinski definition) is 1. The van der Waals surface area contributed by atoms with E-state index in [1.165, 1.54) is 10.7 Å². The van der Waals surface area contributed by atoms with Gasteiger partial charge in [0.1, 0.15) is 11.5 Å². The molecule has 0 aliphatic rings. The fourth-order valence-corrected chi connectivity index (χ4v) is 1.93.